The molecule has 2 rings (SSSR count). The molecule has 2 nitrogen and oxygen atoms in total. The molecule has 0 saturated heterocycles. The van der Waals surface area contributed by atoms with Gasteiger partial charge in [0.25, 0.3) is 0 Å². The average Bonchev–Trinajstić information content (AvgIpc) is 2.74. The van der Waals surface area contributed by atoms with Crippen molar-refractivity contribution in [2.75, 3.05) is 0 Å². The first-order valence-corrected chi connectivity index (χ1v) is 5.51. The molecule has 1 unspecified atom stereocenters. The van der Waals surface area contributed by atoms with Crippen molar-refractivity contribution in [2.45, 2.75) is 26.3 Å². The van der Waals surface area contributed by atoms with Crippen LogP contribution in [0.3, 0.4) is 0 Å². The minimum Gasteiger partial charge on any atom is -0.472 e. The summed E-state index contributed by atoms with van der Waals surface area (Å²) in [5.74, 6) is 0. The van der Waals surface area contributed by atoms with E-state index in [-0.39, 0.29) is 6.04 Å². The SMILES string of the molecule is Cc1cccc(C(N)Cc2ccoc2)c1C. The van der Waals surface area contributed by atoms with Crippen molar-refractivity contribution in [3.8, 4) is 0 Å². The summed E-state index contributed by atoms with van der Waals surface area (Å²) in [6.45, 7) is 4.24. The summed E-state index contributed by atoms with van der Waals surface area (Å²) >= 11 is 0. The minimum atomic E-state index is 0.0394. The summed E-state index contributed by atoms with van der Waals surface area (Å²) in [4.78, 5) is 0. The topological polar surface area (TPSA) is 39.2 Å². The molecule has 0 aliphatic rings. The first-order chi connectivity index (χ1) is 7.68. The van der Waals surface area contributed by atoms with Crippen LogP contribution in [0.15, 0.2) is 41.2 Å². The molecule has 84 valence electrons. The van der Waals surface area contributed by atoms with Crippen LogP contribution in [-0.2, 0) is 6.42 Å². The first kappa shape index (κ1) is 11.0. The Bertz CT molecular complexity index is 460. The van der Waals surface area contributed by atoms with Crippen LogP contribution in [-0.4, -0.2) is 0 Å². The van der Waals surface area contributed by atoms with Crippen LogP contribution in [0.2, 0.25) is 0 Å². The molecule has 1 aromatic carbocycles. The highest BCUT2D eigenvalue weighted by Gasteiger charge is 2.11. The molecule has 0 fully saturated rings. The quantitative estimate of drug-likeness (QED) is 0.854. The molecule has 0 radical (unpaired) electrons. The summed E-state index contributed by atoms with van der Waals surface area (Å²) in [7, 11) is 0. The van der Waals surface area contributed by atoms with E-state index in [2.05, 4.69) is 32.0 Å². The summed E-state index contributed by atoms with van der Waals surface area (Å²) in [6, 6.07) is 8.28. The minimum absolute atomic E-state index is 0.0394. The summed E-state index contributed by atoms with van der Waals surface area (Å²) < 4.78 is 5.05. The third-order valence-corrected chi connectivity index (χ3v) is 3.08. The van der Waals surface area contributed by atoms with Crippen molar-refractivity contribution >= 4 is 0 Å². The smallest absolute Gasteiger partial charge is 0.0935 e. The third-order valence-electron chi connectivity index (χ3n) is 3.08. The van der Waals surface area contributed by atoms with Crippen LogP contribution in [0.25, 0.3) is 0 Å². The second-order valence-corrected chi connectivity index (χ2v) is 4.23. The van der Waals surface area contributed by atoms with Gasteiger partial charge in [0.05, 0.1) is 12.5 Å². The average molecular weight is 215 g/mol. The van der Waals surface area contributed by atoms with Crippen LogP contribution in [0.4, 0.5) is 0 Å². The Morgan fingerprint density at radius 2 is 2.06 bits per heavy atom. The lowest BCUT2D eigenvalue weighted by Crippen LogP contribution is -2.14. The summed E-state index contributed by atoms with van der Waals surface area (Å²) in [5.41, 5.74) is 11.2. The van der Waals surface area contributed by atoms with Gasteiger partial charge in [-0.2, -0.15) is 0 Å². The van der Waals surface area contributed by atoms with Crippen LogP contribution in [0, 0.1) is 13.8 Å². The standard InChI is InChI=1S/C14H17NO/c1-10-4-3-5-13(11(10)2)14(15)8-12-6-7-16-9-12/h3-7,9,14H,8,15H2,1-2H3. The van der Waals surface area contributed by atoms with Crippen molar-refractivity contribution in [1.82, 2.24) is 0 Å². The maximum absolute atomic E-state index is 6.21. The Morgan fingerprint density at radius 3 is 2.75 bits per heavy atom. The van der Waals surface area contributed by atoms with Crippen molar-refractivity contribution in [1.29, 1.82) is 0 Å². The molecule has 0 spiro atoms. The van der Waals surface area contributed by atoms with Gasteiger partial charge < -0.3 is 10.2 Å². The van der Waals surface area contributed by atoms with Crippen LogP contribution in [0.5, 0.6) is 0 Å². The van der Waals surface area contributed by atoms with E-state index in [0.717, 1.165) is 12.0 Å². The van der Waals surface area contributed by atoms with Gasteiger partial charge in [-0.05, 0) is 48.6 Å². The van der Waals surface area contributed by atoms with Crippen molar-refractivity contribution in [3.63, 3.8) is 0 Å². The van der Waals surface area contributed by atoms with Gasteiger partial charge in [-0.15, -0.1) is 0 Å². The van der Waals surface area contributed by atoms with Crippen molar-refractivity contribution < 1.29 is 4.42 Å². The van der Waals surface area contributed by atoms with Gasteiger partial charge in [-0.1, -0.05) is 18.2 Å². The zero-order valence-electron chi connectivity index (χ0n) is 9.73. The summed E-state index contributed by atoms with van der Waals surface area (Å²) in [6.07, 6.45) is 4.26. The Kier molecular flexibility index (Phi) is 3.11. The van der Waals surface area contributed by atoms with E-state index in [4.69, 9.17) is 10.2 Å². The maximum Gasteiger partial charge on any atom is 0.0935 e. The van der Waals surface area contributed by atoms with E-state index in [1.807, 2.05) is 6.07 Å². The van der Waals surface area contributed by atoms with E-state index in [1.54, 1.807) is 12.5 Å². The Balaban J connectivity index is 2.21. The largest absolute Gasteiger partial charge is 0.472 e. The van der Waals surface area contributed by atoms with Crippen LogP contribution >= 0.6 is 0 Å². The molecule has 1 heterocycles. The van der Waals surface area contributed by atoms with Gasteiger partial charge >= 0.3 is 0 Å². The maximum atomic E-state index is 6.21. The number of benzene rings is 1. The number of furan rings is 1. The van der Waals surface area contributed by atoms with Gasteiger partial charge in [0, 0.05) is 6.04 Å². The molecule has 2 heteroatoms. The van der Waals surface area contributed by atoms with Gasteiger partial charge in [0.1, 0.15) is 0 Å². The molecular weight excluding hydrogens is 198 g/mol. The normalized spacial score (nSPS) is 12.7. The highest BCUT2D eigenvalue weighted by molar-refractivity contribution is 5.35. The molecule has 0 saturated carbocycles. The molecule has 2 aromatic rings. The highest BCUT2D eigenvalue weighted by Crippen LogP contribution is 2.21. The van der Waals surface area contributed by atoms with E-state index in [0.29, 0.717) is 0 Å². The zero-order chi connectivity index (χ0) is 11.5. The number of aryl methyl sites for hydroxylation is 1. The molecule has 0 aliphatic heterocycles. The fourth-order valence-corrected chi connectivity index (χ4v) is 1.95. The number of hydrogen-bond donors (Lipinski definition) is 1. The highest BCUT2D eigenvalue weighted by atomic mass is 16.3. The van der Waals surface area contributed by atoms with Gasteiger partial charge in [-0.3, -0.25) is 0 Å². The van der Waals surface area contributed by atoms with E-state index >= 15 is 0 Å². The lowest BCUT2D eigenvalue weighted by molar-refractivity contribution is 0.561. The monoisotopic (exact) mass is 215 g/mol. The molecule has 0 bridgehead atoms. The van der Waals surface area contributed by atoms with Crippen molar-refractivity contribution in [3.05, 3.63) is 59.0 Å². The molecule has 0 amide bonds. The fourth-order valence-electron chi connectivity index (χ4n) is 1.95. The van der Waals surface area contributed by atoms with E-state index < -0.39 is 0 Å². The van der Waals surface area contributed by atoms with E-state index in [9.17, 15) is 0 Å². The lowest BCUT2D eigenvalue weighted by Gasteiger charge is -2.15. The third kappa shape index (κ3) is 2.17. The summed E-state index contributed by atoms with van der Waals surface area (Å²) in [5, 5.41) is 0. The molecule has 1 atom stereocenters. The van der Waals surface area contributed by atoms with Gasteiger partial charge in [0.15, 0.2) is 0 Å². The predicted molar refractivity (Wildman–Crippen MR) is 65.3 cm³/mol. The lowest BCUT2D eigenvalue weighted by atomic mass is 9.94. The predicted octanol–water partition coefficient (Wildman–Crippen LogP) is 3.14. The second kappa shape index (κ2) is 4.54. The molecule has 16 heavy (non-hydrogen) atoms. The fraction of sp³-hybridized carbons (Fsp3) is 0.286. The first-order valence-electron chi connectivity index (χ1n) is 5.51. The van der Waals surface area contributed by atoms with Gasteiger partial charge in [-0.25, -0.2) is 0 Å². The van der Waals surface area contributed by atoms with Crippen LogP contribution in [0.1, 0.15) is 28.3 Å². The molecule has 0 aliphatic carbocycles. The molecular formula is C14H17NO. The zero-order valence-corrected chi connectivity index (χ0v) is 9.73. The number of hydrogen-bond acceptors (Lipinski definition) is 2. The Hall–Kier alpha value is -1.54. The Morgan fingerprint density at radius 1 is 1.25 bits per heavy atom. The van der Waals surface area contributed by atoms with E-state index in [1.165, 1.54) is 16.7 Å². The molecule has 1 aromatic heterocycles. The number of nitrogens with two attached hydrogens (primary N) is 1. The van der Waals surface area contributed by atoms with Crippen molar-refractivity contribution in [2.24, 2.45) is 5.73 Å². The second-order valence-electron chi connectivity index (χ2n) is 4.23. The van der Waals surface area contributed by atoms with Gasteiger partial charge in [0.2, 0.25) is 0 Å². The molecule has 2 N–H and O–H groups in total. The number of rotatable bonds is 3. The van der Waals surface area contributed by atoms with Crippen LogP contribution < -0.4 is 5.73 Å². The Labute approximate surface area is 96.1 Å².